The Bertz CT molecular complexity index is 763. The van der Waals surface area contributed by atoms with Gasteiger partial charge in [0, 0.05) is 6.54 Å². The van der Waals surface area contributed by atoms with Crippen LogP contribution in [-0.2, 0) is 9.53 Å². The lowest BCUT2D eigenvalue weighted by atomic mass is 9.44. The molecule has 3 heteroatoms. The van der Waals surface area contributed by atoms with Crippen LogP contribution >= 0.6 is 0 Å². The first-order valence-electron chi connectivity index (χ1n) is 15.4. The highest BCUT2D eigenvalue weighted by Crippen LogP contribution is 2.69. The number of fused-ring (bicyclic) bond motifs is 7. The number of ether oxygens (including phenoxy) is 1. The van der Waals surface area contributed by atoms with Gasteiger partial charge in [0.05, 0.1) is 6.10 Å². The first-order valence-corrected chi connectivity index (χ1v) is 15.4. The number of amides is 1. The van der Waals surface area contributed by atoms with Crippen molar-refractivity contribution in [1.29, 1.82) is 0 Å². The number of hydrogen-bond acceptors (Lipinski definition) is 2. The summed E-state index contributed by atoms with van der Waals surface area (Å²) in [4.78, 5) is 13.9. The average molecular weight is 486 g/mol. The van der Waals surface area contributed by atoms with Gasteiger partial charge in [0.2, 0.25) is 6.41 Å². The van der Waals surface area contributed by atoms with Crippen molar-refractivity contribution < 1.29 is 9.53 Å². The molecule has 10 atom stereocenters. The lowest BCUT2D eigenvalue weighted by Gasteiger charge is -2.60. The summed E-state index contributed by atoms with van der Waals surface area (Å²) in [6.07, 6.45) is 18.4. The van der Waals surface area contributed by atoms with Gasteiger partial charge in [-0.2, -0.15) is 0 Å². The highest BCUT2D eigenvalue weighted by molar-refractivity contribution is 5.47. The van der Waals surface area contributed by atoms with E-state index in [1.807, 2.05) is 18.7 Å². The Hall–Kier alpha value is -0.830. The second-order valence-electron chi connectivity index (χ2n) is 13.2. The second kappa shape index (κ2) is 10.9. The van der Waals surface area contributed by atoms with Gasteiger partial charge in [0.1, 0.15) is 6.23 Å². The average Bonchev–Trinajstić information content (AvgIpc) is 3.41. The highest BCUT2D eigenvalue weighted by Gasteiger charge is 2.64. The molecule has 0 aromatic carbocycles. The molecule has 3 nitrogen and oxygen atoms in total. The molecular formula is C32H55NO2. The van der Waals surface area contributed by atoms with Crippen LogP contribution in [0.25, 0.3) is 0 Å². The molecule has 0 radical (unpaired) electrons. The Morgan fingerprint density at radius 1 is 1.03 bits per heavy atom. The number of carbonyl (C=O) groups is 1. The molecule has 0 spiro atoms. The monoisotopic (exact) mass is 485 g/mol. The van der Waals surface area contributed by atoms with Gasteiger partial charge < -0.3 is 9.64 Å². The van der Waals surface area contributed by atoms with Gasteiger partial charge in [0.25, 0.3) is 0 Å². The SMILES string of the molecule is CC.CC/C=C1\CC[C@@]2(C)C(CC[C@@H]3C2CC[C@@]2(C)C3C[C@@H]3O[C@H](N(C=O)C[C@@H](C)CC)CC32)C1. The summed E-state index contributed by atoms with van der Waals surface area (Å²) in [5, 5.41) is 0. The fraction of sp³-hybridized carbons (Fsp3) is 0.906. The Morgan fingerprint density at radius 2 is 1.80 bits per heavy atom. The van der Waals surface area contributed by atoms with Crippen molar-refractivity contribution in [1.82, 2.24) is 4.90 Å². The highest BCUT2D eigenvalue weighted by atomic mass is 16.5. The zero-order chi connectivity index (χ0) is 25.4. The predicted octanol–water partition coefficient (Wildman–Crippen LogP) is 8.24. The third-order valence-electron chi connectivity index (χ3n) is 11.8. The summed E-state index contributed by atoms with van der Waals surface area (Å²) in [6.45, 7) is 16.9. The quantitative estimate of drug-likeness (QED) is 0.280. The molecule has 0 bridgehead atoms. The summed E-state index contributed by atoms with van der Waals surface area (Å²) in [5.74, 6) is 4.75. The maximum atomic E-state index is 11.9. The van der Waals surface area contributed by atoms with E-state index in [4.69, 9.17) is 4.74 Å². The summed E-state index contributed by atoms with van der Waals surface area (Å²) in [6, 6.07) is 0. The van der Waals surface area contributed by atoms with Crippen LogP contribution in [0.3, 0.4) is 0 Å². The lowest BCUT2D eigenvalue weighted by molar-refractivity contribution is -0.134. The maximum Gasteiger partial charge on any atom is 0.211 e. The van der Waals surface area contributed by atoms with Crippen LogP contribution in [0.5, 0.6) is 0 Å². The van der Waals surface area contributed by atoms with Crippen LogP contribution in [0, 0.1) is 46.3 Å². The molecule has 0 aromatic rings. The summed E-state index contributed by atoms with van der Waals surface area (Å²) in [7, 11) is 0. The van der Waals surface area contributed by atoms with Crippen molar-refractivity contribution in [3.63, 3.8) is 0 Å². The molecule has 1 amide bonds. The molecule has 1 saturated heterocycles. The lowest BCUT2D eigenvalue weighted by Crippen LogP contribution is -2.53. The van der Waals surface area contributed by atoms with E-state index in [1.54, 1.807) is 5.57 Å². The Labute approximate surface area is 216 Å². The molecular weight excluding hydrogens is 430 g/mol. The van der Waals surface area contributed by atoms with Gasteiger partial charge >= 0.3 is 0 Å². The number of carbonyl (C=O) groups excluding carboxylic acids is 1. The molecule has 5 fully saturated rings. The molecule has 4 unspecified atom stereocenters. The first kappa shape index (κ1) is 27.2. The molecule has 5 rings (SSSR count). The van der Waals surface area contributed by atoms with Gasteiger partial charge in [-0.1, -0.05) is 66.5 Å². The van der Waals surface area contributed by atoms with E-state index in [-0.39, 0.29) is 6.23 Å². The molecule has 1 heterocycles. The van der Waals surface area contributed by atoms with E-state index in [0.717, 1.165) is 49.5 Å². The minimum absolute atomic E-state index is 0.0115. The van der Waals surface area contributed by atoms with Crippen LogP contribution in [0.4, 0.5) is 0 Å². The zero-order valence-corrected chi connectivity index (χ0v) is 24.0. The van der Waals surface area contributed by atoms with Gasteiger partial charge in [-0.05, 0) is 111 Å². The third-order valence-corrected chi connectivity index (χ3v) is 11.8. The minimum Gasteiger partial charge on any atom is -0.355 e. The molecule has 35 heavy (non-hydrogen) atoms. The fourth-order valence-electron chi connectivity index (χ4n) is 9.65. The Balaban J connectivity index is 0.00000141. The largest absolute Gasteiger partial charge is 0.355 e. The van der Waals surface area contributed by atoms with Crippen molar-refractivity contribution in [2.24, 2.45) is 46.3 Å². The molecule has 0 N–H and O–H groups in total. The Kier molecular flexibility index (Phi) is 8.46. The summed E-state index contributed by atoms with van der Waals surface area (Å²) < 4.78 is 6.68. The van der Waals surface area contributed by atoms with Gasteiger partial charge in [-0.3, -0.25) is 4.79 Å². The number of hydrogen-bond donors (Lipinski definition) is 0. The van der Waals surface area contributed by atoms with Gasteiger partial charge in [-0.25, -0.2) is 0 Å². The van der Waals surface area contributed by atoms with E-state index in [2.05, 4.69) is 40.7 Å². The maximum absolute atomic E-state index is 11.9. The van der Waals surface area contributed by atoms with Crippen LogP contribution in [-0.4, -0.2) is 30.2 Å². The topological polar surface area (TPSA) is 29.5 Å². The molecule has 200 valence electrons. The van der Waals surface area contributed by atoms with E-state index >= 15 is 0 Å². The van der Waals surface area contributed by atoms with Crippen molar-refractivity contribution in [2.45, 2.75) is 131 Å². The second-order valence-corrected chi connectivity index (χ2v) is 13.2. The van der Waals surface area contributed by atoms with Crippen LogP contribution < -0.4 is 0 Å². The minimum atomic E-state index is 0.0115. The van der Waals surface area contributed by atoms with E-state index in [1.165, 1.54) is 57.8 Å². The van der Waals surface area contributed by atoms with Crippen molar-refractivity contribution >= 4 is 6.41 Å². The molecule has 5 aliphatic rings. The molecule has 1 aliphatic heterocycles. The third kappa shape index (κ3) is 4.66. The smallest absolute Gasteiger partial charge is 0.211 e. The van der Waals surface area contributed by atoms with E-state index in [9.17, 15) is 4.79 Å². The zero-order valence-electron chi connectivity index (χ0n) is 24.0. The number of nitrogens with zero attached hydrogens (tertiary/aromatic N) is 1. The van der Waals surface area contributed by atoms with E-state index < -0.39 is 0 Å². The number of rotatable bonds is 6. The van der Waals surface area contributed by atoms with Crippen molar-refractivity contribution in [3.05, 3.63) is 11.6 Å². The number of allylic oxidation sites excluding steroid dienone is 2. The van der Waals surface area contributed by atoms with Crippen LogP contribution in [0.1, 0.15) is 119 Å². The van der Waals surface area contributed by atoms with Crippen molar-refractivity contribution in [2.75, 3.05) is 6.54 Å². The Morgan fingerprint density at radius 3 is 2.49 bits per heavy atom. The van der Waals surface area contributed by atoms with Crippen LogP contribution in [0.15, 0.2) is 11.6 Å². The molecule has 4 saturated carbocycles. The van der Waals surface area contributed by atoms with Gasteiger partial charge in [0.15, 0.2) is 0 Å². The van der Waals surface area contributed by atoms with Crippen molar-refractivity contribution in [3.8, 4) is 0 Å². The molecule has 4 aliphatic carbocycles. The predicted molar refractivity (Wildman–Crippen MR) is 146 cm³/mol. The van der Waals surface area contributed by atoms with Gasteiger partial charge in [-0.15, -0.1) is 0 Å². The normalized spacial score (nSPS) is 45.9. The molecule has 0 aromatic heterocycles. The summed E-state index contributed by atoms with van der Waals surface area (Å²) in [5.41, 5.74) is 2.73. The standard InChI is InChI=1S/C30H49NO2.C2H6/c1-6-8-21-11-13-29(4)22(15-21)9-10-23-24(29)12-14-30(5)25(23)16-27-26(30)17-28(33-27)31(19-32)18-20(3)7-2;1-2/h8,19-20,22-28H,6-7,9-18H2,1-5H3;1-2H3/b21-8+;/t20-,22?,23+,24?,25?,26?,27-,28-,29-,30-;/m0./s1. The summed E-state index contributed by atoms with van der Waals surface area (Å²) >= 11 is 0. The fourth-order valence-corrected chi connectivity index (χ4v) is 9.65. The van der Waals surface area contributed by atoms with E-state index in [0.29, 0.717) is 28.8 Å². The van der Waals surface area contributed by atoms with Crippen LogP contribution in [0.2, 0.25) is 0 Å². The first-order chi connectivity index (χ1) is 16.8.